The normalized spacial score (nSPS) is 11.2. The number of nitrogens with one attached hydrogen (secondary N) is 1. The molecule has 0 aliphatic carbocycles. The van der Waals surface area contributed by atoms with Gasteiger partial charge in [-0.1, -0.05) is 13.3 Å². The average molecular weight is 301 g/mol. The third-order valence-electron chi connectivity index (χ3n) is 3.36. The van der Waals surface area contributed by atoms with Crippen LogP contribution in [0.25, 0.3) is 11.0 Å². The van der Waals surface area contributed by atoms with Gasteiger partial charge in [0.15, 0.2) is 11.3 Å². The minimum absolute atomic E-state index is 0.240. The van der Waals surface area contributed by atoms with E-state index in [0.717, 1.165) is 25.2 Å². The van der Waals surface area contributed by atoms with Crippen LogP contribution in [0, 0.1) is 0 Å². The monoisotopic (exact) mass is 301 g/mol. The van der Waals surface area contributed by atoms with Crippen LogP contribution in [0.15, 0.2) is 12.5 Å². The molecule has 0 atom stereocenters. The van der Waals surface area contributed by atoms with E-state index in [1.807, 2.05) is 13.2 Å². The van der Waals surface area contributed by atoms with E-state index in [9.17, 15) is 0 Å². The number of hydrogen-bond acceptors (Lipinski definition) is 7. The van der Waals surface area contributed by atoms with Gasteiger partial charge in [-0.05, 0) is 6.42 Å². The Hall–Kier alpha value is -2.71. The summed E-state index contributed by atoms with van der Waals surface area (Å²) in [5, 5.41) is 11.9. The van der Waals surface area contributed by atoms with E-state index in [0.29, 0.717) is 23.4 Å². The summed E-state index contributed by atoms with van der Waals surface area (Å²) in [7, 11) is 1.85. The zero-order valence-corrected chi connectivity index (χ0v) is 12.7. The van der Waals surface area contributed by atoms with Crippen LogP contribution in [0.3, 0.4) is 0 Å². The number of rotatable bonds is 6. The molecule has 22 heavy (non-hydrogen) atoms. The van der Waals surface area contributed by atoms with Crippen molar-refractivity contribution in [2.45, 2.75) is 26.3 Å². The molecular weight excluding hydrogens is 282 g/mol. The summed E-state index contributed by atoms with van der Waals surface area (Å²) in [6.45, 7) is 3.49. The Labute approximate surface area is 127 Å². The highest BCUT2D eigenvalue weighted by atomic mass is 15.4. The van der Waals surface area contributed by atoms with Gasteiger partial charge in [0, 0.05) is 13.6 Å². The third kappa shape index (κ3) is 2.83. The van der Waals surface area contributed by atoms with Crippen molar-refractivity contribution in [1.82, 2.24) is 34.5 Å². The molecule has 3 rings (SSSR count). The number of nitrogens with zero attached hydrogens (tertiary/aromatic N) is 7. The van der Waals surface area contributed by atoms with E-state index in [2.05, 4.69) is 37.4 Å². The van der Waals surface area contributed by atoms with Crippen LogP contribution < -0.4 is 11.1 Å². The Morgan fingerprint density at radius 1 is 1.32 bits per heavy atom. The summed E-state index contributed by atoms with van der Waals surface area (Å²) < 4.78 is 3.49. The number of unbranched alkanes of at least 4 members (excludes halogenated alkanes) is 1. The number of hydrogen-bond donors (Lipinski definition) is 2. The summed E-state index contributed by atoms with van der Waals surface area (Å²) in [6.07, 6.45) is 5.53. The Kier molecular flexibility index (Phi) is 3.86. The van der Waals surface area contributed by atoms with Gasteiger partial charge in [-0.25, -0.2) is 9.97 Å². The Morgan fingerprint density at radius 2 is 2.18 bits per heavy atom. The van der Waals surface area contributed by atoms with Crippen molar-refractivity contribution in [2.75, 3.05) is 17.6 Å². The van der Waals surface area contributed by atoms with Crippen LogP contribution in [-0.4, -0.2) is 41.1 Å². The van der Waals surface area contributed by atoms with Crippen LogP contribution >= 0.6 is 0 Å². The summed E-state index contributed by atoms with van der Waals surface area (Å²) in [6, 6.07) is 0. The number of aryl methyl sites for hydroxylation is 1. The number of nitrogen functional groups attached to an aromatic ring is 1. The third-order valence-corrected chi connectivity index (χ3v) is 3.36. The zero-order chi connectivity index (χ0) is 15.5. The Bertz CT molecular complexity index is 773. The number of fused-ring (bicyclic) bond motifs is 1. The maximum Gasteiger partial charge on any atom is 0.222 e. The molecule has 3 aromatic heterocycles. The Balaban J connectivity index is 1.91. The van der Waals surface area contributed by atoms with Crippen molar-refractivity contribution < 1.29 is 0 Å². The molecule has 0 saturated heterocycles. The highest BCUT2D eigenvalue weighted by Crippen LogP contribution is 2.19. The summed E-state index contributed by atoms with van der Waals surface area (Å²) >= 11 is 0. The van der Waals surface area contributed by atoms with E-state index >= 15 is 0 Å². The number of aromatic nitrogens is 7. The number of anilines is 2. The molecule has 0 unspecified atom stereocenters. The molecule has 9 heteroatoms. The van der Waals surface area contributed by atoms with E-state index in [1.165, 1.54) is 6.33 Å². The molecule has 0 saturated carbocycles. The first kappa shape index (κ1) is 14.2. The van der Waals surface area contributed by atoms with Gasteiger partial charge >= 0.3 is 0 Å². The van der Waals surface area contributed by atoms with E-state index in [4.69, 9.17) is 5.73 Å². The van der Waals surface area contributed by atoms with Crippen LogP contribution in [-0.2, 0) is 13.6 Å². The molecule has 0 radical (unpaired) electrons. The lowest BCUT2D eigenvalue weighted by molar-refractivity contribution is 0.612. The molecule has 3 aromatic rings. The summed E-state index contributed by atoms with van der Waals surface area (Å²) in [5.41, 5.74) is 7.20. The van der Waals surface area contributed by atoms with Crippen molar-refractivity contribution in [2.24, 2.45) is 7.05 Å². The number of nitrogens with two attached hydrogens (primary N) is 1. The van der Waals surface area contributed by atoms with Crippen molar-refractivity contribution in [3.63, 3.8) is 0 Å². The summed E-state index contributed by atoms with van der Waals surface area (Å²) in [5.74, 6) is 1.73. The quantitative estimate of drug-likeness (QED) is 0.647. The highest BCUT2D eigenvalue weighted by molar-refractivity contribution is 5.85. The van der Waals surface area contributed by atoms with E-state index in [1.54, 1.807) is 9.36 Å². The highest BCUT2D eigenvalue weighted by Gasteiger charge is 2.12. The molecule has 0 spiro atoms. The molecule has 0 aromatic carbocycles. The van der Waals surface area contributed by atoms with Crippen LogP contribution in [0.5, 0.6) is 0 Å². The van der Waals surface area contributed by atoms with Gasteiger partial charge in [0.2, 0.25) is 5.95 Å². The van der Waals surface area contributed by atoms with Gasteiger partial charge < -0.3 is 11.1 Å². The van der Waals surface area contributed by atoms with Crippen molar-refractivity contribution in [1.29, 1.82) is 0 Å². The molecule has 116 valence electrons. The van der Waals surface area contributed by atoms with E-state index in [-0.39, 0.29) is 5.95 Å². The second-order valence-electron chi connectivity index (χ2n) is 5.07. The standard InChI is InChI=1S/C13H19N9/c1-3-4-5-15-12-11-9(18-13(14)19-12)6-22(20-11)7-10-16-8-17-21(10)2/h6,8H,3-5,7H2,1-2H3,(H3,14,15,18,19). The molecule has 0 bridgehead atoms. The van der Waals surface area contributed by atoms with Gasteiger partial charge in [0.25, 0.3) is 0 Å². The minimum atomic E-state index is 0.240. The first-order valence-electron chi connectivity index (χ1n) is 7.24. The first-order valence-corrected chi connectivity index (χ1v) is 7.24. The van der Waals surface area contributed by atoms with Gasteiger partial charge in [0.05, 0.1) is 6.20 Å². The summed E-state index contributed by atoms with van der Waals surface area (Å²) in [4.78, 5) is 12.7. The smallest absolute Gasteiger partial charge is 0.222 e. The minimum Gasteiger partial charge on any atom is -0.368 e. The molecule has 3 heterocycles. The second-order valence-corrected chi connectivity index (χ2v) is 5.07. The maximum absolute atomic E-state index is 5.77. The maximum atomic E-state index is 5.77. The van der Waals surface area contributed by atoms with Gasteiger partial charge in [-0.15, -0.1) is 0 Å². The van der Waals surface area contributed by atoms with Gasteiger partial charge in [-0.3, -0.25) is 9.36 Å². The molecular formula is C13H19N9. The fourth-order valence-corrected chi connectivity index (χ4v) is 2.17. The predicted octanol–water partition coefficient (Wildman–Crippen LogP) is 0.797. The Morgan fingerprint density at radius 3 is 2.91 bits per heavy atom. The molecule has 0 aliphatic rings. The fourth-order valence-electron chi connectivity index (χ4n) is 2.17. The van der Waals surface area contributed by atoms with E-state index < -0.39 is 0 Å². The lowest BCUT2D eigenvalue weighted by Crippen LogP contribution is -2.08. The van der Waals surface area contributed by atoms with Gasteiger partial charge in [0.1, 0.15) is 24.2 Å². The van der Waals surface area contributed by atoms with Gasteiger partial charge in [-0.2, -0.15) is 15.2 Å². The van der Waals surface area contributed by atoms with Crippen molar-refractivity contribution in [3.05, 3.63) is 18.3 Å². The van der Waals surface area contributed by atoms with Crippen LogP contribution in [0.4, 0.5) is 11.8 Å². The first-order chi connectivity index (χ1) is 10.7. The van der Waals surface area contributed by atoms with Crippen molar-refractivity contribution in [3.8, 4) is 0 Å². The average Bonchev–Trinajstić information content (AvgIpc) is 3.06. The lowest BCUT2D eigenvalue weighted by Gasteiger charge is -2.05. The largest absolute Gasteiger partial charge is 0.368 e. The van der Waals surface area contributed by atoms with Crippen LogP contribution in [0.2, 0.25) is 0 Å². The molecule has 0 amide bonds. The lowest BCUT2D eigenvalue weighted by atomic mass is 10.3. The molecule has 0 aliphatic heterocycles. The molecule has 0 fully saturated rings. The second kappa shape index (κ2) is 5.96. The zero-order valence-electron chi connectivity index (χ0n) is 12.7. The topological polar surface area (TPSA) is 112 Å². The molecule has 9 nitrogen and oxygen atoms in total. The SMILES string of the molecule is CCCCNc1nc(N)nc2cn(Cc3ncnn3C)nc12. The predicted molar refractivity (Wildman–Crippen MR) is 83.2 cm³/mol. The van der Waals surface area contributed by atoms with Crippen LogP contribution in [0.1, 0.15) is 25.6 Å². The fraction of sp³-hybridized carbons (Fsp3) is 0.462. The molecule has 3 N–H and O–H groups in total. The van der Waals surface area contributed by atoms with Crippen molar-refractivity contribution >= 4 is 22.8 Å².